The van der Waals surface area contributed by atoms with Crippen molar-refractivity contribution in [2.24, 2.45) is 5.73 Å². The number of hydrogen-bond acceptors (Lipinski definition) is 6. The molecule has 0 bridgehead atoms. The molecule has 1 unspecified atom stereocenters. The molecule has 2 aromatic rings. The Labute approximate surface area is 173 Å². The zero-order valence-electron chi connectivity index (χ0n) is 16.0. The highest BCUT2D eigenvalue weighted by molar-refractivity contribution is 8.01. The number of carbonyl (C=O) groups is 2. The number of carbonyl (C=O) groups excluding carboxylic acids is 1. The van der Waals surface area contributed by atoms with Crippen LogP contribution >= 0.6 is 23.1 Å². The van der Waals surface area contributed by atoms with E-state index in [1.165, 1.54) is 34.0 Å². The van der Waals surface area contributed by atoms with E-state index in [1.54, 1.807) is 0 Å². The summed E-state index contributed by atoms with van der Waals surface area (Å²) in [7, 11) is 0. The molecule has 2 atom stereocenters. The number of thioether (sulfide) groups is 1. The second-order valence-electron chi connectivity index (χ2n) is 7.19. The molecule has 1 aromatic carbocycles. The lowest BCUT2D eigenvalue weighted by Gasteiger charge is -2.30. The van der Waals surface area contributed by atoms with Crippen molar-refractivity contribution < 1.29 is 14.7 Å². The molecule has 8 heteroatoms. The summed E-state index contributed by atoms with van der Waals surface area (Å²) in [5.41, 5.74) is 8.91. The van der Waals surface area contributed by atoms with Crippen molar-refractivity contribution in [3.05, 3.63) is 46.5 Å². The molecule has 1 amide bonds. The Kier molecular flexibility index (Phi) is 6.74. The van der Waals surface area contributed by atoms with Crippen molar-refractivity contribution in [3.63, 3.8) is 0 Å². The molecule has 1 aromatic heterocycles. The highest BCUT2D eigenvalue weighted by Crippen LogP contribution is 2.30. The van der Waals surface area contributed by atoms with Crippen LogP contribution in [0.15, 0.2) is 34.0 Å². The summed E-state index contributed by atoms with van der Waals surface area (Å²) >= 11 is 2.78. The van der Waals surface area contributed by atoms with Crippen LogP contribution in [0.2, 0.25) is 0 Å². The summed E-state index contributed by atoms with van der Waals surface area (Å²) in [6, 6.07) is 8.14. The van der Waals surface area contributed by atoms with Crippen LogP contribution in [-0.2, 0) is 4.79 Å². The first-order valence-corrected chi connectivity index (χ1v) is 11.2. The van der Waals surface area contributed by atoms with Gasteiger partial charge in [0.2, 0.25) is 5.91 Å². The van der Waals surface area contributed by atoms with E-state index in [-0.39, 0.29) is 23.7 Å². The van der Waals surface area contributed by atoms with Crippen molar-refractivity contribution >= 4 is 35.0 Å². The van der Waals surface area contributed by atoms with Crippen molar-refractivity contribution in [1.82, 2.24) is 9.88 Å². The van der Waals surface area contributed by atoms with Gasteiger partial charge in [0.1, 0.15) is 0 Å². The van der Waals surface area contributed by atoms with Crippen molar-refractivity contribution in [2.75, 3.05) is 12.3 Å². The van der Waals surface area contributed by atoms with Gasteiger partial charge in [-0.1, -0.05) is 49.9 Å². The lowest BCUT2D eigenvalue weighted by Crippen LogP contribution is -2.41. The minimum atomic E-state index is -1.02. The van der Waals surface area contributed by atoms with E-state index in [9.17, 15) is 9.59 Å². The van der Waals surface area contributed by atoms with Gasteiger partial charge in [0.25, 0.3) is 0 Å². The first-order chi connectivity index (χ1) is 13.4. The Morgan fingerprint density at radius 3 is 2.64 bits per heavy atom. The fourth-order valence-electron chi connectivity index (χ4n) is 3.40. The smallest absolute Gasteiger partial charge is 0.355 e. The predicted octanol–water partition coefficient (Wildman–Crippen LogP) is 3.75. The van der Waals surface area contributed by atoms with Gasteiger partial charge in [-0.05, 0) is 23.5 Å². The number of likely N-dealkylation sites (tertiary alicyclic amines) is 1. The molecule has 0 saturated carbocycles. The van der Waals surface area contributed by atoms with Crippen LogP contribution in [0.4, 0.5) is 0 Å². The predicted molar refractivity (Wildman–Crippen MR) is 112 cm³/mol. The maximum Gasteiger partial charge on any atom is 0.355 e. The van der Waals surface area contributed by atoms with Crippen LogP contribution in [0.5, 0.6) is 0 Å². The summed E-state index contributed by atoms with van der Waals surface area (Å²) in [5.74, 6) is 0.241. The summed E-state index contributed by atoms with van der Waals surface area (Å²) < 4.78 is 0.703. The maximum atomic E-state index is 12.4. The number of aromatic nitrogens is 1. The fourth-order valence-corrected chi connectivity index (χ4v) is 5.21. The number of rotatable bonds is 8. The van der Waals surface area contributed by atoms with Gasteiger partial charge in [0.15, 0.2) is 10.0 Å². The molecule has 1 aliphatic rings. The Bertz CT molecular complexity index is 835. The van der Waals surface area contributed by atoms with Crippen molar-refractivity contribution in [1.29, 1.82) is 0 Å². The zero-order valence-corrected chi connectivity index (χ0v) is 17.6. The largest absolute Gasteiger partial charge is 0.476 e. The molecule has 1 aliphatic heterocycles. The van der Waals surface area contributed by atoms with E-state index in [2.05, 4.69) is 43.1 Å². The van der Waals surface area contributed by atoms with E-state index < -0.39 is 5.97 Å². The minimum Gasteiger partial charge on any atom is -0.476 e. The highest BCUT2D eigenvalue weighted by Gasteiger charge is 2.35. The number of aromatic carboxylic acids is 1. The summed E-state index contributed by atoms with van der Waals surface area (Å²) in [5, 5.41) is 10.5. The van der Waals surface area contributed by atoms with Crippen LogP contribution in [0.1, 0.15) is 60.3 Å². The van der Waals surface area contributed by atoms with E-state index in [1.807, 2.05) is 4.90 Å². The number of carboxylic acid groups (broad SMARTS) is 1. The topological polar surface area (TPSA) is 96.5 Å². The molecule has 28 heavy (non-hydrogen) atoms. The van der Waals surface area contributed by atoms with Gasteiger partial charge in [-0.25, -0.2) is 9.78 Å². The molecule has 1 saturated heterocycles. The van der Waals surface area contributed by atoms with Gasteiger partial charge in [-0.3, -0.25) is 4.79 Å². The Balaban J connectivity index is 1.61. The van der Waals surface area contributed by atoms with Gasteiger partial charge in [0.05, 0.1) is 12.1 Å². The standard InChI is InChI=1S/C20H25N3O3S2/c1-12(2)13-3-5-14(6-4-13)18(21)16-7-8-17(24)23(16)9-10-27-20-22-15(11-28-20)19(25)26/h3-6,11-12,16,18H,7-10,21H2,1-2H3,(H,25,26)/t16-,18?/m1/s1. The first-order valence-electron chi connectivity index (χ1n) is 9.33. The SMILES string of the molecule is CC(C)c1ccc(C(N)[C@H]2CCC(=O)N2CCSc2nc(C(=O)O)cs2)cc1. The van der Waals surface area contributed by atoms with Crippen LogP contribution < -0.4 is 5.73 Å². The summed E-state index contributed by atoms with van der Waals surface area (Å²) in [6.45, 7) is 4.89. The summed E-state index contributed by atoms with van der Waals surface area (Å²) in [6.07, 6.45) is 1.28. The number of hydrogen-bond donors (Lipinski definition) is 2. The number of thiazole rings is 1. The second-order valence-corrected chi connectivity index (χ2v) is 9.39. The van der Waals surface area contributed by atoms with Crippen LogP contribution in [0.25, 0.3) is 0 Å². The van der Waals surface area contributed by atoms with Gasteiger partial charge < -0.3 is 15.7 Å². The average molecular weight is 420 g/mol. The average Bonchev–Trinajstić information content (AvgIpc) is 3.29. The third-order valence-corrected chi connectivity index (χ3v) is 7.04. The minimum absolute atomic E-state index is 0.0103. The lowest BCUT2D eigenvalue weighted by molar-refractivity contribution is -0.128. The van der Waals surface area contributed by atoms with Crippen molar-refractivity contribution in [3.8, 4) is 0 Å². The molecular weight excluding hydrogens is 394 g/mol. The van der Waals surface area contributed by atoms with E-state index in [0.29, 0.717) is 29.0 Å². The molecule has 0 spiro atoms. The van der Waals surface area contributed by atoms with Gasteiger partial charge in [0, 0.05) is 24.1 Å². The van der Waals surface area contributed by atoms with Gasteiger partial charge in [-0.15, -0.1) is 11.3 Å². The quantitative estimate of drug-likeness (QED) is 0.633. The molecule has 0 radical (unpaired) electrons. The normalized spacial score (nSPS) is 18.1. The number of amides is 1. The second kappa shape index (κ2) is 9.07. The molecule has 150 valence electrons. The van der Waals surface area contributed by atoms with Crippen LogP contribution in [0, 0.1) is 0 Å². The van der Waals surface area contributed by atoms with Crippen molar-refractivity contribution in [2.45, 2.75) is 49.0 Å². The Morgan fingerprint density at radius 2 is 2.04 bits per heavy atom. The number of carboxylic acids is 1. The molecule has 3 rings (SSSR count). The van der Waals surface area contributed by atoms with Gasteiger partial charge >= 0.3 is 5.97 Å². The molecule has 6 nitrogen and oxygen atoms in total. The Morgan fingerprint density at radius 1 is 1.36 bits per heavy atom. The molecule has 3 N–H and O–H groups in total. The van der Waals surface area contributed by atoms with E-state index >= 15 is 0 Å². The number of nitrogens with zero attached hydrogens (tertiary/aromatic N) is 2. The third-order valence-electron chi connectivity index (χ3n) is 5.04. The molecular formula is C20H25N3O3S2. The van der Waals surface area contributed by atoms with E-state index in [0.717, 1.165) is 12.0 Å². The zero-order chi connectivity index (χ0) is 20.3. The Hall–Kier alpha value is -1.90. The lowest BCUT2D eigenvalue weighted by atomic mass is 9.95. The van der Waals surface area contributed by atoms with Crippen LogP contribution in [-0.4, -0.2) is 45.2 Å². The fraction of sp³-hybridized carbons (Fsp3) is 0.450. The maximum absolute atomic E-state index is 12.4. The molecule has 2 heterocycles. The third kappa shape index (κ3) is 4.74. The van der Waals surface area contributed by atoms with Crippen LogP contribution in [0.3, 0.4) is 0 Å². The summed E-state index contributed by atoms with van der Waals surface area (Å²) in [4.78, 5) is 29.2. The van der Waals surface area contributed by atoms with E-state index in [4.69, 9.17) is 10.8 Å². The first kappa shape index (κ1) is 20.8. The van der Waals surface area contributed by atoms with Gasteiger partial charge in [-0.2, -0.15) is 0 Å². The molecule has 0 aliphatic carbocycles. The molecule has 1 fully saturated rings. The highest BCUT2D eigenvalue weighted by atomic mass is 32.2. The monoisotopic (exact) mass is 419 g/mol. The number of benzene rings is 1. The number of nitrogens with two attached hydrogens (primary N) is 1.